The van der Waals surface area contributed by atoms with Crippen molar-refractivity contribution in [2.24, 2.45) is 16.6 Å². The summed E-state index contributed by atoms with van der Waals surface area (Å²) in [6.07, 6.45) is 7.53. The molecular weight excluding hydrogens is 507 g/mol. The Hall–Kier alpha value is -2.23. The van der Waals surface area contributed by atoms with Crippen molar-refractivity contribution in [1.82, 2.24) is 4.98 Å². The number of anilines is 1. The number of nitrogens with one attached hydrogen (secondary N) is 1. The van der Waals surface area contributed by atoms with E-state index in [9.17, 15) is 0 Å². The van der Waals surface area contributed by atoms with E-state index in [0.717, 1.165) is 47.9 Å². The zero-order chi connectivity index (χ0) is 20.8. The summed E-state index contributed by atoms with van der Waals surface area (Å²) in [6, 6.07) is 9.54. The van der Waals surface area contributed by atoms with Crippen LogP contribution in [-0.2, 0) is 6.54 Å². The molecule has 1 fully saturated rings. The van der Waals surface area contributed by atoms with Gasteiger partial charge >= 0.3 is 0 Å². The van der Waals surface area contributed by atoms with Crippen molar-refractivity contribution in [2.75, 3.05) is 18.5 Å². The molecule has 0 radical (unpaired) electrons. The Morgan fingerprint density at radius 2 is 1.90 bits per heavy atom. The molecule has 0 amide bonds. The van der Waals surface area contributed by atoms with Gasteiger partial charge in [0.25, 0.3) is 0 Å². The van der Waals surface area contributed by atoms with E-state index in [1.807, 2.05) is 30.3 Å². The molecule has 0 bridgehead atoms. The first-order chi connectivity index (χ1) is 14.7. The van der Waals surface area contributed by atoms with Crippen LogP contribution in [0, 0.1) is 5.92 Å². The molecule has 1 saturated carbocycles. The second-order valence-electron chi connectivity index (χ2n) is 8.04. The van der Waals surface area contributed by atoms with E-state index in [1.165, 1.54) is 12.8 Å². The van der Waals surface area contributed by atoms with Crippen LogP contribution in [0.3, 0.4) is 0 Å². The predicted octanol–water partition coefficient (Wildman–Crippen LogP) is 4.75. The van der Waals surface area contributed by atoms with E-state index in [2.05, 4.69) is 22.2 Å². The molecule has 168 valence electrons. The fourth-order valence-corrected chi connectivity index (χ4v) is 3.74. The second kappa shape index (κ2) is 11.4. The third-order valence-electron chi connectivity index (χ3n) is 5.50. The summed E-state index contributed by atoms with van der Waals surface area (Å²) in [5.74, 6) is 3.28. The molecule has 0 saturated heterocycles. The molecule has 2 heterocycles. The minimum Gasteiger partial charge on any atom is -0.490 e. The van der Waals surface area contributed by atoms with E-state index in [4.69, 9.17) is 19.9 Å². The number of ether oxygens (including phenoxy) is 3. The third-order valence-corrected chi connectivity index (χ3v) is 5.50. The molecule has 31 heavy (non-hydrogen) atoms. The molecule has 1 aromatic carbocycles. The molecule has 0 unspecified atom stereocenters. The van der Waals surface area contributed by atoms with Crippen LogP contribution in [0.4, 0.5) is 5.69 Å². The van der Waals surface area contributed by atoms with Gasteiger partial charge in [0, 0.05) is 30.4 Å². The number of benzene rings is 1. The number of guanidine groups is 1. The molecule has 1 aliphatic carbocycles. The van der Waals surface area contributed by atoms with Crippen LogP contribution in [0.15, 0.2) is 41.5 Å². The molecule has 4 rings (SSSR count). The molecule has 1 aromatic heterocycles. The van der Waals surface area contributed by atoms with Crippen molar-refractivity contribution in [2.45, 2.75) is 51.7 Å². The fraction of sp³-hybridized carbons (Fsp3) is 0.478. The monoisotopic (exact) mass is 538 g/mol. The maximum Gasteiger partial charge on any atom is 0.213 e. The SMILES string of the molecule is CC1CCC(Oc2cc(CN=C(N)Nc3ccc4c(c3)OCCCO4)ccn2)CC1.I. The van der Waals surface area contributed by atoms with Crippen LogP contribution >= 0.6 is 24.0 Å². The molecule has 2 aromatic rings. The lowest BCUT2D eigenvalue weighted by Crippen LogP contribution is -2.23. The minimum atomic E-state index is 0. The minimum absolute atomic E-state index is 0. The van der Waals surface area contributed by atoms with Crippen LogP contribution in [0.5, 0.6) is 17.4 Å². The first-order valence-electron chi connectivity index (χ1n) is 10.7. The number of hydrogen-bond acceptors (Lipinski definition) is 5. The maximum atomic E-state index is 6.08. The highest BCUT2D eigenvalue weighted by molar-refractivity contribution is 14.0. The van der Waals surface area contributed by atoms with Crippen molar-refractivity contribution in [3.8, 4) is 17.4 Å². The van der Waals surface area contributed by atoms with Gasteiger partial charge in [0.1, 0.15) is 6.10 Å². The van der Waals surface area contributed by atoms with E-state index < -0.39 is 0 Å². The van der Waals surface area contributed by atoms with Gasteiger partial charge in [-0.1, -0.05) is 6.92 Å². The van der Waals surface area contributed by atoms with E-state index in [0.29, 0.717) is 31.6 Å². The highest BCUT2D eigenvalue weighted by atomic mass is 127. The number of aliphatic imine (C=N–C) groups is 1. The second-order valence-corrected chi connectivity index (χ2v) is 8.04. The van der Waals surface area contributed by atoms with Gasteiger partial charge in [-0.25, -0.2) is 9.98 Å². The number of pyridine rings is 1. The molecular formula is C23H31IN4O3. The highest BCUT2D eigenvalue weighted by Crippen LogP contribution is 2.32. The van der Waals surface area contributed by atoms with Crippen LogP contribution in [0.25, 0.3) is 0 Å². The Bertz CT molecular complexity index is 885. The molecule has 0 atom stereocenters. The quantitative estimate of drug-likeness (QED) is 0.325. The third kappa shape index (κ3) is 6.88. The lowest BCUT2D eigenvalue weighted by Gasteiger charge is -2.26. The summed E-state index contributed by atoms with van der Waals surface area (Å²) in [6.45, 7) is 4.06. The average Bonchev–Trinajstić information content (AvgIpc) is 2.99. The van der Waals surface area contributed by atoms with Crippen LogP contribution in [0.1, 0.15) is 44.6 Å². The molecule has 3 N–H and O–H groups in total. The molecule has 7 nitrogen and oxygen atoms in total. The summed E-state index contributed by atoms with van der Waals surface area (Å²) in [4.78, 5) is 8.80. The van der Waals surface area contributed by atoms with Crippen molar-refractivity contribution in [1.29, 1.82) is 0 Å². The van der Waals surface area contributed by atoms with Crippen molar-refractivity contribution in [3.05, 3.63) is 42.1 Å². The largest absolute Gasteiger partial charge is 0.490 e. The number of fused-ring (bicyclic) bond motifs is 1. The van der Waals surface area contributed by atoms with Crippen LogP contribution in [-0.4, -0.2) is 30.3 Å². The van der Waals surface area contributed by atoms with Crippen LogP contribution < -0.4 is 25.3 Å². The van der Waals surface area contributed by atoms with Gasteiger partial charge in [0.05, 0.1) is 19.8 Å². The standard InChI is InChI=1S/C23H30N4O3.HI/c1-16-3-6-19(7-4-16)30-22-13-17(9-10-25-22)15-26-23(24)27-18-5-8-20-21(14-18)29-12-2-11-28-20;/h5,8-10,13-14,16,19H,2-4,6-7,11-12,15H2,1H3,(H3,24,26,27);1H. The number of nitrogens with two attached hydrogens (primary N) is 1. The van der Waals surface area contributed by atoms with Crippen molar-refractivity contribution >= 4 is 35.6 Å². The first kappa shape index (κ1) is 23.4. The number of rotatable bonds is 5. The van der Waals surface area contributed by atoms with E-state index >= 15 is 0 Å². The van der Waals surface area contributed by atoms with Gasteiger partial charge in [-0.3, -0.25) is 0 Å². The average molecular weight is 538 g/mol. The Morgan fingerprint density at radius 1 is 1.13 bits per heavy atom. The zero-order valence-electron chi connectivity index (χ0n) is 17.9. The Balaban J connectivity index is 0.00000272. The Labute approximate surface area is 200 Å². The topological polar surface area (TPSA) is 91.0 Å². The lowest BCUT2D eigenvalue weighted by molar-refractivity contribution is 0.130. The lowest BCUT2D eigenvalue weighted by atomic mass is 9.89. The molecule has 0 spiro atoms. The number of hydrogen-bond donors (Lipinski definition) is 2. The van der Waals surface area contributed by atoms with E-state index in [-0.39, 0.29) is 30.1 Å². The smallest absolute Gasteiger partial charge is 0.213 e. The van der Waals surface area contributed by atoms with Crippen molar-refractivity contribution < 1.29 is 14.2 Å². The summed E-state index contributed by atoms with van der Waals surface area (Å²) in [5, 5.41) is 3.11. The molecule has 1 aliphatic heterocycles. The zero-order valence-corrected chi connectivity index (χ0v) is 20.2. The number of halogens is 1. The Morgan fingerprint density at radius 3 is 2.71 bits per heavy atom. The van der Waals surface area contributed by atoms with Gasteiger partial charge in [-0.2, -0.15) is 0 Å². The number of aromatic nitrogens is 1. The van der Waals surface area contributed by atoms with Gasteiger partial charge in [0.2, 0.25) is 5.88 Å². The van der Waals surface area contributed by atoms with Gasteiger partial charge in [-0.15, -0.1) is 24.0 Å². The molecule has 2 aliphatic rings. The molecule has 8 heteroatoms. The normalized spacial score (nSPS) is 20.9. The predicted molar refractivity (Wildman–Crippen MR) is 133 cm³/mol. The Kier molecular flexibility index (Phi) is 8.62. The van der Waals surface area contributed by atoms with Gasteiger partial charge in [-0.05, 0) is 55.4 Å². The fourth-order valence-electron chi connectivity index (χ4n) is 3.74. The first-order valence-corrected chi connectivity index (χ1v) is 10.7. The van der Waals surface area contributed by atoms with Gasteiger partial charge < -0.3 is 25.3 Å². The van der Waals surface area contributed by atoms with Crippen molar-refractivity contribution in [3.63, 3.8) is 0 Å². The summed E-state index contributed by atoms with van der Waals surface area (Å²) >= 11 is 0. The maximum absolute atomic E-state index is 6.08. The van der Waals surface area contributed by atoms with Gasteiger partial charge in [0.15, 0.2) is 17.5 Å². The van der Waals surface area contributed by atoms with E-state index in [1.54, 1.807) is 6.20 Å². The summed E-state index contributed by atoms with van der Waals surface area (Å²) in [7, 11) is 0. The summed E-state index contributed by atoms with van der Waals surface area (Å²) < 4.78 is 17.4. The van der Waals surface area contributed by atoms with Crippen LogP contribution in [0.2, 0.25) is 0 Å². The summed E-state index contributed by atoms with van der Waals surface area (Å²) in [5.41, 5.74) is 7.90. The number of nitrogens with zero attached hydrogens (tertiary/aromatic N) is 2. The highest BCUT2D eigenvalue weighted by Gasteiger charge is 2.20.